The maximum atomic E-state index is 13.0. The summed E-state index contributed by atoms with van der Waals surface area (Å²) in [6.07, 6.45) is 1.41. The molecular weight excluding hydrogens is 370 g/mol. The molecule has 2 aliphatic heterocycles. The molecule has 4 rings (SSSR count). The lowest BCUT2D eigenvalue weighted by atomic mass is 10.0. The molecule has 0 unspecified atom stereocenters. The zero-order valence-corrected chi connectivity index (χ0v) is 17.0. The minimum atomic E-state index is -0.0765. The Labute approximate surface area is 170 Å². The first-order valence-electron chi connectivity index (χ1n) is 10.2. The lowest BCUT2D eigenvalue weighted by Gasteiger charge is -2.21. The summed E-state index contributed by atoms with van der Waals surface area (Å²) in [5.41, 5.74) is 2.90. The summed E-state index contributed by atoms with van der Waals surface area (Å²) < 4.78 is 7.30. The zero-order valence-electron chi connectivity index (χ0n) is 17.0. The number of nitrogens with zero attached hydrogens (tertiary/aromatic N) is 4. The molecule has 0 spiro atoms. The van der Waals surface area contributed by atoms with Gasteiger partial charge in [-0.2, -0.15) is 0 Å². The van der Waals surface area contributed by atoms with Crippen molar-refractivity contribution in [3.8, 4) is 0 Å². The Balaban J connectivity index is 1.40. The van der Waals surface area contributed by atoms with E-state index in [-0.39, 0.29) is 17.7 Å². The Morgan fingerprint density at radius 2 is 2.07 bits per heavy atom. The van der Waals surface area contributed by atoms with E-state index in [0.29, 0.717) is 45.8 Å². The van der Waals surface area contributed by atoms with E-state index >= 15 is 0 Å². The van der Waals surface area contributed by atoms with Crippen molar-refractivity contribution in [2.75, 3.05) is 26.3 Å². The van der Waals surface area contributed by atoms with Crippen molar-refractivity contribution in [3.63, 3.8) is 0 Å². The van der Waals surface area contributed by atoms with Crippen molar-refractivity contribution in [2.24, 2.45) is 5.92 Å². The topological polar surface area (TPSA) is 89.3 Å². The molecule has 154 valence electrons. The van der Waals surface area contributed by atoms with Gasteiger partial charge in [0.05, 0.1) is 19.1 Å². The molecule has 1 aromatic carbocycles. The van der Waals surface area contributed by atoms with Gasteiger partial charge in [0.1, 0.15) is 5.82 Å². The molecule has 0 saturated carbocycles. The summed E-state index contributed by atoms with van der Waals surface area (Å²) in [4.78, 5) is 27.1. The smallest absolute Gasteiger partial charge is 0.254 e. The predicted octanol–water partition coefficient (Wildman–Crippen LogP) is 1.25. The molecule has 29 heavy (non-hydrogen) atoms. The fraction of sp³-hybridized carbons (Fsp3) is 0.524. The number of ether oxygens (including phenoxy) is 1. The average molecular weight is 397 g/mol. The standard InChI is InChI=1S/C21H27N5O3/c1-14-3-4-17(15(2)11-14)21(28)25-7-5-18-23-24-19(26(18)9-8-25)12-22-20(27)16-6-10-29-13-16/h3-4,11,16H,5-10,12-13H2,1-2H3,(H,22,27)/t16-/m0/s1. The fourth-order valence-electron chi connectivity index (χ4n) is 3.99. The van der Waals surface area contributed by atoms with E-state index in [9.17, 15) is 9.59 Å². The number of rotatable bonds is 4. The highest BCUT2D eigenvalue weighted by atomic mass is 16.5. The molecule has 0 aliphatic carbocycles. The summed E-state index contributed by atoms with van der Waals surface area (Å²) >= 11 is 0. The Bertz CT molecular complexity index is 917. The summed E-state index contributed by atoms with van der Waals surface area (Å²) in [5, 5.41) is 11.5. The van der Waals surface area contributed by atoms with E-state index in [0.717, 1.165) is 34.8 Å². The van der Waals surface area contributed by atoms with Crippen LogP contribution in [0.2, 0.25) is 0 Å². The molecule has 2 aliphatic rings. The summed E-state index contributed by atoms with van der Waals surface area (Å²) in [6.45, 7) is 7.29. The lowest BCUT2D eigenvalue weighted by molar-refractivity contribution is -0.125. The van der Waals surface area contributed by atoms with Gasteiger partial charge in [-0.1, -0.05) is 17.7 Å². The van der Waals surface area contributed by atoms with Crippen molar-refractivity contribution in [2.45, 2.75) is 39.8 Å². The number of nitrogens with one attached hydrogen (secondary N) is 1. The van der Waals surface area contributed by atoms with Crippen LogP contribution in [0, 0.1) is 19.8 Å². The number of aromatic nitrogens is 3. The van der Waals surface area contributed by atoms with Gasteiger partial charge in [-0.3, -0.25) is 9.59 Å². The van der Waals surface area contributed by atoms with Crippen molar-refractivity contribution in [1.29, 1.82) is 0 Å². The molecule has 1 aromatic heterocycles. The Morgan fingerprint density at radius 3 is 2.83 bits per heavy atom. The minimum Gasteiger partial charge on any atom is -0.381 e. The first kappa shape index (κ1) is 19.6. The second-order valence-corrected chi connectivity index (χ2v) is 7.82. The number of amides is 2. The highest BCUT2D eigenvalue weighted by Crippen LogP contribution is 2.17. The highest BCUT2D eigenvalue weighted by molar-refractivity contribution is 5.95. The molecule has 0 radical (unpaired) electrons. The van der Waals surface area contributed by atoms with Gasteiger partial charge < -0.3 is 19.5 Å². The second-order valence-electron chi connectivity index (χ2n) is 7.82. The van der Waals surface area contributed by atoms with E-state index in [1.54, 1.807) is 0 Å². The quantitative estimate of drug-likeness (QED) is 0.839. The van der Waals surface area contributed by atoms with Crippen LogP contribution in [-0.4, -0.2) is 57.8 Å². The van der Waals surface area contributed by atoms with Crippen LogP contribution >= 0.6 is 0 Å². The molecule has 2 aromatic rings. The van der Waals surface area contributed by atoms with Gasteiger partial charge >= 0.3 is 0 Å². The number of aryl methyl sites for hydroxylation is 2. The molecule has 1 N–H and O–H groups in total. The van der Waals surface area contributed by atoms with Crippen LogP contribution in [0.5, 0.6) is 0 Å². The van der Waals surface area contributed by atoms with Gasteiger partial charge in [0, 0.05) is 38.2 Å². The largest absolute Gasteiger partial charge is 0.381 e. The Hall–Kier alpha value is -2.74. The maximum absolute atomic E-state index is 13.0. The molecule has 8 heteroatoms. The number of carbonyl (C=O) groups excluding carboxylic acids is 2. The van der Waals surface area contributed by atoms with Crippen LogP contribution in [0.4, 0.5) is 0 Å². The molecular formula is C21H27N5O3. The molecule has 2 amide bonds. The van der Waals surface area contributed by atoms with Gasteiger partial charge in [0.15, 0.2) is 5.82 Å². The zero-order chi connectivity index (χ0) is 20.4. The van der Waals surface area contributed by atoms with Crippen LogP contribution in [0.15, 0.2) is 18.2 Å². The monoisotopic (exact) mass is 397 g/mol. The normalized spacial score (nSPS) is 19.0. The van der Waals surface area contributed by atoms with E-state index in [2.05, 4.69) is 15.5 Å². The van der Waals surface area contributed by atoms with E-state index < -0.39 is 0 Å². The molecule has 1 saturated heterocycles. The van der Waals surface area contributed by atoms with E-state index in [1.807, 2.05) is 41.5 Å². The van der Waals surface area contributed by atoms with Gasteiger partial charge in [0.25, 0.3) is 5.91 Å². The van der Waals surface area contributed by atoms with Crippen molar-refractivity contribution < 1.29 is 14.3 Å². The van der Waals surface area contributed by atoms with Gasteiger partial charge in [-0.25, -0.2) is 0 Å². The summed E-state index contributed by atoms with van der Waals surface area (Å²) in [5.74, 6) is 1.56. The van der Waals surface area contributed by atoms with Crippen LogP contribution in [0.1, 0.15) is 39.6 Å². The fourth-order valence-corrected chi connectivity index (χ4v) is 3.99. The number of benzene rings is 1. The van der Waals surface area contributed by atoms with Gasteiger partial charge in [-0.15, -0.1) is 10.2 Å². The van der Waals surface area contributed by atoms with Gasteiger partial charge in [-0.05, 0) is 31.9 Å². The van der Waals surface area contributed by atoms with E-state index in [4.69, 9.17) is 4.74 Å². The molecule has 8 nitrogen and oxygen atoms in total. The van der Waals surface area contributed by atoms with Crippen LogP contribution in [0.3, 0.4) is 0 Å². The number of fused-ring (bicyclic) bond motifs is 1. The molecule has 1 atom stereocenters. The second kappa shape index (κ2) is 8.32. The van der Waals surface area contributed by atoms with Crippen LogP contribution < -0.4 is 5.32 Å². The van der Waals surface area contributed by atoms with Crippen LogP contribution in [-0.2, 0) is 29.0 Å². The Kier molecular flexibility index (Phi) is 5.62. The highest BCUT2D eigenvalue weighted by Gasteiger charge is 2.26. The summed E-state index contributed by atoms with van der Waals surface area (Å²) in [6, 6.07) is 5.92. The third-order valence-corrected chi connectivity index (χ3v) is 5.72. The Morgan fingerprint density at radius 1 is 1.21 bits per heavy atom. The first-order chi connectivity index (χ1) is 14.0. The minimum absolute atomic E-state index is 0.000113. The van der Waals surface area contributed by atoms with Crippen molar-refractivity contribution in [3.05, 3.63) is 46.5 Å². The summed E-state index contributed by atoms with van der Waals surface area (Å²) in [7, 11) is 0. The average Bonchev–Trinajstić information content (AvgIpc) is 3.32. The third kappa shape index (κ3) is 4.17. The number of hydrogen-bond acceptors (Lipinski definition) is 5. The predicted molar refractivity (Wildman–Crippen MR) is 106 cm³/mol. The SMILES string of the molecule is Cc1ccc(C(=O)N2CCc3nnc(CNC(=O)[C@H]4CCOC4)n3CC2)c(C)c1. The number of carbonyl (C=O) groups is 2. The lowest BCUT2D eigenvalue weighted by Crippen LogP contribution is -2.34. The van der Waals surface area contributed by atoms with Crippen molar-refractivity contribution in [1.82, 2.24) is 25.0 Å². The third-order valence-electron chi connectivity index (χ3n) is 5.72. The maximum Gasteiger partial charge on any atom is 0.254 e. The molecule has 3 heterocycles. The van der Waals surface area contributed by atoms with Crippen LogP contribution in [0.25, 0.3) is 0 Å². The molecule has 1 fully saturated rings. The van der Waals surface area contributed by atoms with E-state index in [1.165, 1.54) is 0 Å². The van der Waals surface area contributed by atoms with Gasteiger partial charge in [0.2, 0.25) is 5.91 Å². The van der Waals surface area contributed by atoms with Crippen molar-refractivity contribution >= 4 is 11.8 Å². The number of hydrogen-bond donors (Lipinski definition) is 1. The molecule has 0 bridgehead atoms. The first-order valence-corrected chi connectivity index (χ1v) is 10.2.